The molecule has 0 atom stereocenters. The number of carbonyl (C=O) groups is 1. The third-order valence-corrected chi connectivity index (χ3v) is 0.858. The van der Waals surface area contributed by atoms with Crippen molar-refractivity contribution >= 4 is 5.97 Å². The number of esters is 1. The van der Waals surface area contributed by atoms with Gasteiger partial charge in [-0.05, 0) is 6.92 Å². The number of carbonyl (C=O) groups excluding carboxylic acids is 1. The molecule has 0 aliphatic heterocycles. The van der Waals surface area contributed by atoms with Gasteiger partial charge in [0.25, 0.3) is 0 Å². The second kappa shape index (κ2) is 5.56. The van der Waals surface area contributed by atoms with E-state index in [1.54, 1.807) is 12.2 Å². The molecule has 3 heteroatoms. The van der Waals surface area contributed by atoms with Crippen LogP contribution in [0.25, 0.3) is 0 Å². The highest BCUT2D eigenvalue weighted by atomic mass is 16.5. The van der Waals surface area contributed by atoms with Crippen molar-refractivity contribution in [1.82, 2.24) is 0 Å². The largest absolute Gasteiger partial charge is 0.478 e. The molecule has 0 amide bonds. The van der Waals surface area contributed by atoms with E-state index in [1.807, 2.05) is 0 Å². The van der Waals surface area contributed by atoms with Crippen LogP contribution in [0.5, 0.6) is 0 Å². The highest BCUT2D eigenvalue weighted by molar-refractivity contribution is 5.69. The molecule has 0 aliphatic rings. The monoisotopic (exact) mass is 131 g/mol. The maximum absolute atomic E-state index is 10.5. The minimum atomic E-state index is -0.141. The Morgan fingerprint density at radius 3 is 2.89 bits per heavy atom. The minimum Gasteiger partial charge on any atom is -0.478 e. The van der Waals surface area contributed by atoms with Gasteiger partial charge in [0.1, 0.15) is 0 Å². The van der Waals surface area contributed by atoms with E-state index in [2.05, 4.69) is 11.8 Å². The first-order valence-electron chi connectivity index (χ1n) is 3.07. The van der Waals surface area contributed by atoms with Gasteiger partial charge in [-0.1, -0.05) is 0 Å². The Bertz CT molecular complexity index is 83.1. The van der Waals surface area contributed by atoms with Crippen molar-refractivity contribution in [3.8, 4) is 0 Å². The summed E-state index contributed by atoms with van der Waals surface area (Å²) in [5.74, 6) is -0.141. The molecule has 0 saturated heterocycles. The van der Waals surface area contributed by atoms with Gasteiger partial charge in [0.05, 0.1) is 19.6 Å². The zero-order valence-electron chi connectivity index (χ0n) is 5.72. The van der Waals surface area contributed by atoms with Gasteiger partial charge < -0.3 is 10.1 Å². The van der Waals surface area contributed by atoms with Gasteiger partial charge >= 0.3 is 5.97 Å². The predicted molar refractivity (Wildman–Crippen MR) is 33.4 cm³/mol. The number of quaternary nitrogens is 1. The van der Waals surface area contributed by atoms with Gasteiger partial charge in [0, 0.05) is 0 Å². The summed E-state index contributed by atoms with van der Waals surface area (Å²) in [5.41, 5.74) is 0. The van der Waals surface area contributed by atoms with E-state index in [4.69, 9.17) is 0 Å². The molecule has 54 valence electrons. The van der Waals surface area contributed by atoms with Crippen LogP contribution in [0.2, 0.25) is 0 Å². The first-order chi connectivity index (χ1) is 4.31. The molecule has 0 saturated carbocycles. The minimum absolute atomic E-state index is 0.141. The van der Waals surface area contributed by atoms with Crippen LogP contribution in [0, 0.1) is 7.05 Å². The zero-order chi connectivity index (χ0) is 7.11. The maximum Gasteiger partial charge on any atom is 0.311 e. The van der Waals surface area contributed by atoms with Crippen molar-refractivity contribution in [2.45, 2.75) is 13.3 Å². The molecule has 0 unspecified atom stereocenters. The molecular weight excluding hydrogens is 118 g/mol. The normalized spacial score (nSPS) is 9.11. The lowest BCUT2D eigenvalue weighted by atomic mass is 10.4. The fraction of sp³-hybridized carbons (Fsp3) is 0.667. The molecule has 0 heterocycles. The summed E-state index contributed by atoms with van der Waals surface area (Å²) in [6, 6.07) is 0. The Morgan fingerprint density at radius 2 is 2.44 bits per heavy atom. The van der Waals surface area contributed by atoms with Crippen molar-refractivity contribution in [3.63, 3.8) is 0 Å². The SMILES string of the molecule is [CH2-][NH2+]CCC(=O)OCC. The molecule has 2 N–H and O–H groups in total. The molecule has 0 bridgehead atoms. The standard InChI is InChI=1S/C6H13NO2/c1-3-9-6(8)4-5-7-2/h2-5,7H2,1H3. The lowest BCUT2D eigenvalue weighted by molar-refractivity contribution is -0.594. The van der Waals surface area contributed by atoms with Gasteiger partial charge in [-0.15, -0.1) is 0 Å². The van der Waals surface area contributed by atoms with Crippen molar-refractivity contribution in [1.29, 1.82) is 0 Å². The van der Waals surface area contributed by atoms with Crippen LogP contribution in [-0.4, -0.2) is 19.1 Å². The van der Waals surface area contributed by atoms with Gasteiger partial charge in [-0.2, -0.15) is 7.05 Å². The van der Waals surface area contributed by atoms with E-state index in [1.165, 1.54) is 0 Å². The molecule has 0 aromatic rings. The fourth-order valence-electron chi connectivity index (χ4n) is 0.453. The second-order valence-corrected chi connectivity index (χ2v) is 1.63. The number of hydrogen-bond acceptors (Lipinski definition) is 2. The van der Waals surface area contributed by atoms with Crippen molar-refractivity contribution < 1.29 is 14.8 Å². The highest BCUT2D eigenvalue weighted by Gasteiger charge is 1.98. The van der Waals surface area contributed by atoms with Crippen molar-refractivity contribution in [2.75, 3.05) is 13.2 Å². The van der Waals surface area contributed by atoms with Crippen LogP contribution in [0.15, 0.2) is 0 Å². The van der Waals surface area contributed by atoms with Gasteiger partial charge in [0.15, 0.2) is 0 Å². The van der Waals surface area contributed by atoms with E-state index in [0.717, 1.165) is 0 Å². The Labute approximate surface area is 55.4 Å². The maximum atomic E-state index is 10.5. The summed E-state index contributed by atoms with van der Waals surface area (Å²) in [4.78, 5) is 10.5. The van der Waals surface area contributed by atoms with E-state index < -0.39 is 0 Å². The van der Waals surface area contributed by atoms with Crippen LogP contribution < -0.4 is 5.32 Å². The summed E-state index contributed by atoms with van der Waals surface area (Å²) >= 11 is 0. The highest BCUT2D eigenvalue weighted by Crippen LogP contribution is 1.80. The first-order valence-corrected chi connectivity index (χ1v) is 3.07. The summed E-state index contributed by atoms with van der Waals surface area (Å²) in [6.07, 6.45) is 0.456. The van der Waals surface area contributed by atoms with Crippen LogP contribution in [-0.2, 0) is 9.53 Å². The molecule has 0 aromatic heterocycles. The quantitative estimate of drug-likeness (QED) is 0.405. The summed E-state index contributed by atoms with van der Waals surface area (Å²) in [6.45, 7) is 2.97. The summed E-state index contributed by atoms with van der Waals surface area (Å²) in [5, 5.41) is 1.71. The Hall–Kier alpha value is -0.570. The Balaban J connectivity index is 3.06. The van der Waals surface area contributed by atoms with Crippen molar-refractivity contribution in [2.24, 2.45) is 0 Å². The predicted octanol–water partition coefficient (Wildman–Crippen LogP) is -0.705. The molecule has 0 fully saturated rings. The fourth-order valence-corrected chi connectivity index (χ4v) is 0.453. The smallest absolute Gasteiger partial charge is 0.311 e. The number of hydrogen-bond donors (Lipinski definition) is 1. The molecule has 0 rings (SSSR count). The average molecular weight is 131 g/mol. The second-order valence-electron chi connectivity index (χ2n) is 1.63. The molecule has 9 heavy (non-hydrogen) atoms. The van der Waals surface area contributed by atoms with E-state index in [9.17, 15) is 4.79 Å². The number of nitrogens with two attached hydrogens (primary N) is 1. The average Bonchev–Trinajstić information content (AvgIpc) is 1.85. The van der Waals surface area contributed by atoms with Crippen LogP contribution in [0.4, 0.5) is 0 Å². The van der Waals surface area contributed by atoms with E-state index in [-0.39, 0.29) is 5.97 Å². The van der Waals surface area contributed by atoms with E-state index in [0.29, 0.717) is 19.6 Å². The molecule has 3 nitrogen and oxygen atoms in total. The molecular formula is C6H13NO2. The molecule has 0 aromatic carbocycles. The molecule has 0 spiro atoms. The van der Waals surface area contributed by atoms with E-state index >= 15 is 0 Å². The van der Waals surface area contributed by atoms with Crippen LogP contribution in [0.1, 0.15) is 13.3 Å². The summed E-state index contributed by atoms with van der Waals surface area (Å²) < 4.78 is 4.66. The Morgan fingerprint density at radius 1 is 1.78 bits per heavy atom. The van der Waals surface area contributed by atoms with Crippen LogP contribution in [0.3, 0.4) is 0 Å². The lowest BCUT2D eigenvalue weighted by Crippen LogP contribution is -2.77. The topological polar surface area (TPSA) is 42.9 Å². The van der Waals surface area contributed by atoms with Crippen molar-refractivity contribution in [3.05, 3.63) is 7.05 Å². The van der Waals surface area contributed by atoms with Gasteiger partial charge in [-0.3, -0.25) is 4.79 Å². The van der Waals surface area contributed by atoms with Crippen LogP contribution >= 0.6 is 0 Å². The summed E-state index contributed by atoms with van der Waals surface area (Å²) in [7, 11) is 3.48. The van der Waals surface area contributed by atoms with Gasteiger partial charge in [0.2, 0.25) is 0 Å². The lowest BCUT2D eigenvalue weighted by Gasteiger charge is -1.99. The third kappa shape index (κ3) is 5.30. The number of ether oxygens (including phenoxy) is 1. The molecule has 0 aliphatic carbocycles. The first kappa shape index (κ1) is 8.43. The molecule has 0 radical (unpaired) electrons. The van der Waals surface area contributed by atoms with Gasteiger partial charge in [-0.25, -0.2) is 0 Å². The third-order valence-electron chi connectivity index (χ3n) is 0.858. The Kier molecular flexibility index (Phi) is 5.21. The zero-order valence-corrected chi connectivity index (χ0v) is 5.72. The number of rotatable bonds is 4.